The molecule has 2 aromatic carbocycles. The van der Waals surface area contributed by atoms with Gasteiger partial charge < -0.3 is 29.6 Å². The third-order valence-electron chi connectivity index (χ3n) is 9.06. The molecule has 3 heterocycles. The van der Waals surface area contributed by atoms with Crippen LogP contribution in [-0.2, 0) is 6.54 Å². The van der Waals surface area contributed by atoms with Crippen molar-refractivity contribution in [3.63, 3.8) is 0 Å². The van der Waals surface area contributed by atoms with Crippen molar-refractivity contribution in [3.8, 4) is 11.5 Å². The highest BCUT2D eigenvalue weighted by Crippen LogP contribution is 2.43. The van der Waals surface area contributed by atoms with Crippen molar-refractivity contribution in [1.29, 1.82) is 0 Å². The summed E-state index contributed by atoms with van der Waals surface area (Å²) in [4.78, 5) is 30.3. The monoisotopic (exact) mass is 589 g/mol. The molecule has 0 spiro atoms. The van der Waals surface area contributed by atoms with E-state index in [-0.39, 0.29) is 29.3 Å². The van der Waals surface area contributed by atoms with Gasteiger partial charge in [0, 0.05) is 74.7 Å². The van der Waals surface area contributed by atoms with Crippen LogP contribution in [-0.4, -0.2) is 80.1 Å². The molecule has 0 radical (unpaired) electrons. The van der Waals surface area contributed by atoms with Gasteiger partial charge in [-0.15, -0.1) is 0 Å². The maximum Gasteiger partial charge on any atom is 0.318 e. The highest BCUT2D eigenvalue weighted by Gasteiger charge is 2.32. The number of allylic oxidation sites excluding steroid dienone is 1. The topological polar surface area (TPSA) is 88.1 Å². The molecule has 0 unspecified atom stereocenters. The first-order valence-electron chi connectivity index (χ1n) is 15.2. The summed E-state index contributed by atoms with van der Waals surface area (Å²) in [6.07, 6.45) is 7.27. The van der Waals surface area contributed by atoms with E-state index < -0.39 is 0 Å². The minimum absolute atomic E-state index is 0.186. The first-order chi connectivity index (χ1) is 20.9. The van der Waals surface area contributed by atoms with Gasteiger partial charge in [0.2, 0.25) is 5.78 Å². The number of carbonyl (C=O) groups excluding carboxylic acids is 2. The molecule has 43 heavy (non-hydrogen) atoms. The number of anilines is 1. The summed E-state index contributed by atoms with van der Waals surface area (Å²) < 4.78 is 29.7. The lowest BCUT2D eigenvalue weighted by atomic mass is 9.85. The number of hydrogen-bond donors (Lipinski definition) is 2. The number of ketones is 1. The molecule has 1 saturated carbocycles. The Hall–Kier alpha value is -3.89. The zero-order valence-electron chi connectivity index (χ0n) is 25.2. The van der Waals surface area contributed by atoms with Crippen LogP contribution in [0, 0.1) is 5.82 Å². The number of methoxy groups -OCH3 is 1. The van der Waals surface area contributed by atoms with Gasteiger partial charge in [-0.1, -0.05) is 19.3 Å². The van der Waals surface area contributed by atoms with Crippen LogP contribution in [0.3, 0.4) is 0 Å². The summed E-state index contributed by atoms with van der Waals surface area (Å²) in [5, 5.41) is 5.94. The van der Waals surface area contributed by atoms with Crippen molar-refractivity contribution in [1.82, 2.24) is 19.7 Å². The van der Waals surface area contributed by atoms with Gasteiger partial charge in [-0.2, -0.15) is 0 Å². The van der Waals surface area contributed by atoms with Crippen LogP contribution < -0.4 is 20.1 Å². The number of urea groups is 1. The Bertz CT molecular complexity index is 1570. The number of piperazine rings is 1. The van der Waals surface area contributed by atoms with Gasteiger partial charge in [-0.05, 0) is 56.1 Å². The van der Waals surface area contributed by atoms with Gasteiger partial charge in [0.25, 0.3) is 0 Å². The highest BCUT2D eigenvalue weighted by atomic mass is 19.1. The van der Waals surface area contributed by atoms with Crippen LogP contribution in [0.1, 0.15) is 59.6 Å². The third kappa shape index (κ3) is 5.86. The molecule has 3 aromatic rings. The second-order valence-corrected chi connectivity index (χ2v) is 11.8. The van der Waals surface area contributed by atoms with Crippen LogP contribution in [0.4, 0.5) is 14.9 Å². The van der Waals surface area contributed by atoms with E-state index in [0.717, 1.165) is 75.1 Å². The van der Waals surface area contributed by atoms with E-state index in [9.17, 15) is 9.59 Å². The fourth-order valence-electron chi connectivity index (χ4n) is 6.68. The fraction of sp³-hybridized carbons (Fsp3) is 0.455. The Morgan fingerprint density at radius 2 is 1.86 bits per heavy atom. The molecule has 0 bridgehead atoms. The number of aromatic nitrogens is 1. The Morgan fingerprint density at radius 1 is 1.09 bits per heavy atom. The van der Waals surface area contributed by atoms with Crippen molar-refractivity contribution >= 4 is 34.5 Å². The fourth-order valence-corrected chi connectivity index (χ4v) is 6.68. The Balaban J connectivity index is 1.45. The summed E-state index contributed by atoms with van der Waals surface area (Å²) in [7, 11) is 5.21. The lowest BCUT2D eigenvalue weighted by Gasteiger charge is -2.33. The zero-order valence-corrected chi connectivity index (χ0v) is 25.2. The number of nitrogens with one attached hydrogen (secondary N) is 2. The second-order valence-electron chi connectivity index (χ2n) is 11.8. The van der Waals surface area contributed by atoms with Crippen LogP contribution in [0.5, 0.6) is 11.5 Å². The van der Waals surface area contributed by atoms with E-state index in [0.29, 0.717) is 34.8 Å². The molecular weight excluding hydrogens is 549 g/mol. The molecule has 0 atom stereocenters. The molecular formula is C33H40FN5O4. The number of rotatable bonds is 7. The van der Waals surface area contributed by atoms with Crippen molar-refractivity contribution in [3.05, 3.63) is 58.7 Å². The largest absolute Gasteiger partial charge is 0.497 e. The van der Waals surface area contributed by atoms with E-state index >= 15 is 4.39 Å². The molecule has 9 nitrogen and oxygen atoms in total. The van der Waals surface area contributed by atoms with Gasteiger partial charge in [0.15, 0.2) is 11.6 Å². The lowest BCUT2D eigenvalue weighted by Crippen LogP contribution is -2.45. The van der Waals surface area contributed by atoms with Gasteiger partial charge in [-0.3, -0.25) is 9.69 Å². The molecule has 6 rings (SSSR count). The summed E-state index contributed by atoms with van der Waals surface area (Å²) >= 11 is 0. The van der Waals surface area contributed by atoms with Gasteiger partial charge >= 0.3 is 6.03 Å². The van der Waals surface area contributed by atoms with Crippen molar-refractivity contribution < 1.29 is 23.5 Å². The number of likely N-dealkylation sites (N-methyl/N-ethyl adjacent to an activating group) is 1. The van der Waals surface area contributed by atoms with E-state index in [4.69, 9.17) is 9.47 Å². The second kappa shape index (κ2) is 12.4. The predicted octanol–water partition coefficient (Wildman–Crippen LogP) is 5.45. The molecule has 2 amide bonds. The minimum atomic E-state index is -0.375. The predicted molar refractivity (Wildman–Crippen MR) is 166 cm³/mol. The normalized spacial score (nSPS) is 19.1. The maximum absolute atomic E-state index is 16.0. The summed E-state index contributed by atoms with van der Waals surface area (Å²) in [6.45, 7) is 5.48. The molecule has 1 aliphatic carbocycles. The molecule has 3 aliphatic rings. The SMILES string of the molecule is CNC(=O)Nc1ccc2c(c1)C(=O)/C(=C/c1c(C3CCCCC3)n(CCN3CCN(C)CC3)c3c(F)cc(OC)cc13)O2. The number of nitrogens with zero attached hydrogens (tertiary/aromatic N) is 3. The number of Topliss-reactive ketones (excluding diaryl/α,β-unsaturated/α-hetero) is 1. The van der Waals surface area contributed by atoms with Crippen molar-refractivity contribution in [2.24, 2.45) is 0 Å². The molecule has 2 fully saturated rings. The van der Waals surface area contributed by atoms with Crippen LogP contribution in [0.15, 0.2) is 36.1 Å². The van der Waals surface area contributed by atoms with Crippen molar-refractivity contribution in [2.75, 3.05) is 59.2 Å². The van der Waals surface area contributed by atoms with E-state index in [1.165, 1.54) is 26.6 Å². The number of fused-ring (bicyclic) bond motifs is 2. The Morgan fingerprint density at radius 3 is 2.58 bits per heavy atom. The summed E-state index contributed by atoms with van der Waals surface area (Å²) in [6, 6.07) is 7.95. The molecule has 1 aromatic heterocycles. The summed E-state index contributed by atoms with van der Waals surface area (Å²) in [5.74, 6) is 0.690. The zero-order chi connectivity index (χ0) is 30.1. The van der Waals surface area contributed by atoms with Gasteiger partial charge in [0.05, 0.1) is 18.2 Å². The average molecular weight is 590 g/mol. The smallest absolute Gasteiger partial charge is 0.318 e. The van der Waals surface area contributed by atoms with Crippen LogP contribution >= 0.6 is 0 Å². The number of halogens is 1. The molecule has 2 N–H and O–H groups in total. The number of ether oxygens (including phenoxy) is 2. The van der Waals surface area contributed by atoms with Gasteiger partial charge in [-0.25, -0.2) is 9.18 Å². The van der Waals surface area contributed by atoms with Gasteiger partial charge in [0.1, 0.15) is 11.5 Å². The Labute approximate surface area is 251 Å². The quantitative estimate of drug-likeness (QED) is 0.357. The van der Waals surface area contributed by atoms with Crippen LogP contribution in [0.2, 0.25) is 0 Å². The number of carbonyl (C=O) groups is 2. The number of hydrogen-bond acceptors (Lipinski definition) is 6. The Kier molecular flexibility index (Phi) is 8.41. The van der Waals surface area contributed by atoms with E-state index in [2.05, 4.69) is 32.0 Å². The third-order valence-corrected chi connectivity index (χ3v) is 9.06. The molecule has 10 heteroatoms. The minimum Gasteiger partial charge on any atom is -0.497 e. The lowest BCUT2D eigenvalue weighted by molar-refractivity contribution is 0.101. The van der Waals surface area contributed by atoms with Crippen LogP contribution in [0.25, 0.3) is 17.0 Å². The maximum atomic E-state index is 16.0. The standard InChI is InChI=1S/C33H40FN5O4/c1-35-33(41)36-22-9-10-28-26(17-22)32(40)29(43-28)20-25-24-18-23(42-3)19-27(34)31(24)39(30(25)21-7-5-4-6-8-21)16-15-38-13-11-37(2)12-14-38/h9-10,17-21H,4-8,11-16H2,1-3H3,(H2,35,36,41)/b29-20-. The highest BCUT2D eigenvalue weighted by molar-refractivity contribution is 6.16. The van der Waals surface area contributed by atoms with E-state index in [1.54, 1.807) is 24.3 Å². The molecule has 1 saturated heterocycles. The van der Waals surface area contributed by atoms with E-state index in [1.807, 2.05) is 6.07 Å². The number of benzene rings is 2. The summed E-state index contributed by atoms with van der Waals surface area (Å²) in [5.41, 5.74) is 3.30. The first kappa shape index (κ1) is 29.2. The average Bonchev–Trinajstić information content (AvgIpc) is 3.50. The first-order valence-corrected chi connectivity index (χ1v) is 15.2. The van der Waals surface area contributed by atoms with Crippen molar-refractivity contribution in [2.45, 2.75) is 44.6 Å². The number of amides is 2. The molecule has 2 aliphatic heterocycles. The molecule has 228 valence electrons.